The van der Waals surface area contributed by atoms with Crippen LogP contribution in [-0.4, -0.2) is 28.5 Å². The largest absolute Gasteiger partial charge is 0.341 e. The van der Waals surface area contributed by atoms with Crippen LogP contribution in [0.4, 0.5) is 4.39 Å². The second kappa shape index (κ2) is 5.89. The van der Waals surface area contributed by atoms with E-state index in [1.807, 2.05) is 15.5 Å². The van der Waals surface area contributed by atoms with E-state index in [4.69, 9.17) is 0 Å². The van der Waals surface area contributed by atoms with Crippen molar-refractivity contribution in [3.63, 3.8) is 0 Å². The molecule has 0 unspecified atom stereocenters. The number of hydrogen-bond donors (Lipinski definition) is 0. The van der Waals surface area contributed by atoms with Gasteiger partial charge in [-0.05, 0) is 36.1 Å². The number of amides is 1. The molecule has 4 rings (SSSR count). The third-order valence-electron chi connectivity index (χ3n) is 5.10. The molecule has 2 bridgehead atoms. The van der Waals surface area contributed by atoms with Crippen LogP contribution in [0.15, 0.2) is 47.3 Å². The summed E-state index contributed by atoms with van der Waals surface area (Å²) in [6.45, 7) is 2.03. The van der Waals surface area contributed by atoms with E-state index in [1.54, 1.807) is 24.3 Å². The fourth-order valence-corrected chi connectivity index (χ4v) is 3.99. The van der Waals surface area contributed by atoms with Crippen molar-refractivity contribution in [3.8, 4) is 0 Å². The SMILES string of the molecule is O=C(Cc1ccc(F)cc1)N1C[C@@H]2C[C@@H](C1)c1cccc(=O)n1C2. The number of pyridine rings is 1. The molecule has 1 saturated heterocycles. The van der Waals surface area contributed by atoms with E-state index >= 15 is 0 Å². The third kappa shape index (κ3) is 2.75. The quantitative estimate of drug-likeness (QED) is 0.849. The van der Waals surface area contributed by atoms with Crippen LogP contribution in [0, 0.1) is 11.7 Å². The molecule has 2 atom stereocenters. The first-order valence-corrected chi connectivity index (χ1v) is 8.32. The summed E-state index contributed by atoms with van der Waals surface area (Å²) in [5.41, 5.74) is 1.92. The average Bonchev–Trinajstić information content (AvgIpc) is 2.58. The monoisotopic (exact) mass is 326 g/mol. The van der Waals surface area contributed by atoms with Crippen molar-refractivity contribution in [2.45, 2.75) is 25.3 Å². The number of hydrogen-bond acceptors (Lipinski definition) is 2. The van der Waals surface area contributed by atoms with Gasteiger partial charge in [0.1, 0.15) is 5.82 Å². The van der Waals surface area contributed by atoms with Gasteiger partial charge >= 0.3 is 0 Å². The van der Waals surface area contributed by atoms with Crippen molar-refractivity contribution in [2.24, 2.45) is 5.92 Å². The summed E-state index contributed by atoms with van der Waals surface area (Å²) in [5.74, 6) is 0.334. The van der Waals surface area contributed by atoms with E-state index in [0.29, 0.717) is 32.0 Å². The van der Waals surface area contributed by atoms with Crippen molar-refractivity contribution in [2.75, 3.05) is 13.1 Å². The van der Waals surface area contributed by atoms with Gasteiger partial charge in [-0.2, -0.15) is 0 Å². The average molecular weight is 326 g/mol. The van der Waals surface area contributed by atoms with E-state index in [1.165, 1.54) is 12.1 Å². The summed E-state index contributed by atoms with van der Waals surface area (Å²) in [7, 11) is 0. The van der Waals surface area contributed by atoms with Gasteiger partial charge in [-0.15, -0.1) is 0 Å². The summed E-state index contributed by atoms with van der Waals surface area (Å²) < 4.78 is 14.8. The molecule has 0 N–H and O–H groups in total. The van der Waals surface area contributed by atoms with E-state index in [0.717, 1.165) is 17.7 Å². The summed E-state index contributed by atoms with van der Waals surface area (Å²) in [6, 6.07) is 11.5. The summed E-state index contributed by atoms with van der Waals surface area (Å²) >= 11 is 0. The fourth-order valence-electron chi connectivity index (χ4n) is 3.99. The number of likely N-dealkylation sites (tertiary alicyclic amines) is 1. The van der Waals surface area contributed by atoms with E-state index in [2.05, 4.69) is 0 Å². The predicted molar refractivity (Wildman–Crippen MR) is 88.2 cm³/mol. The molecule has 0 spiro atoms. The van der Waals surface area contributed by atoms with Crippen LogP contribution in [0.5, 0.6) is 0 Å². The minimum absolute atomic E-state index is 0.0493. The molecule has 1 amide bonds. The van der Waals surface area contributed by atoms with Crippen LogP contribution in [0.3, 0.4) is 0 Å². The zero-order valence-electron chi connectivity index (χ0n) is 13.3. The lowest BCUT2D eigenvalue weighted by Gasteiger charge is -2.42. The molecule has 0 radical (unpaired) electrons. The molecular formula is C19H19FN2O2. The number of nitrogens with zero attached hydrogens (tertiary/aromatic N) is 2. The highest BCUT2D eigenvalue weighted by molar-refractivity contribution is 5.79. The maximum Gasteiger partial charge on any atom is 0.250 e. The number of piperidine rings is 1. The van der Waals surface area contributed by atoms with E-state index < -0.39 is 0 Å². The maximum atomic E-state index is 13.0. The van der Waals surface area contributed by atoms with E-state index in [9.17, 15) is 14.0 Å². The molecule has 2 aromatic rings. The summed E-state index contributed by atoms with van der Waals surface area (Å²) in [5, 5.41) is 0. The molecule has 0 aliphatic carbocycles. The highest BCUT2D eigenvalue weighted by atomic mass is 19.1. The van der Waals surface area contributed by atoms with Crippen molar-refractivity contribution in [3.05, 3.63) is 69.9 Å². The van der Waals surface area contributed by atoms with Gasteiger partial charge in [0.15, 0.2) is 0 Å². The van der Waals surface area contributed by atoms with Gasteiger partial charge in [0.05, 0.1) is 6.42 Å². The van der Waals surface area contributed by atoms with E-state index in [-0.39, 0.29) is 23.2 Å². The molecule has 2 aliphatic heterocycles. The minimum atomic E-state index is -0.291. The molecule has 0 saturated carbocycles. The Bertz CT molecular complexity index is 828. The lowest BCUT2D eigenvalue weighted by Crippen LogP contribution is -2.49. The van der Waals surface area contributed by atoms with Gasteiger partial charge in [0.2, 0.25) is 5.91 Å². The zero-order valence-corrected chi connectivity index (χ0v) is 13.3. The predicted octanol–water partition coefficient (Wildman–Crippen LogP) is 2.18. The van der Waals surface area contributed by atoms with Gasteiger partial charge in [0.25, 0.3) is 5.56 Å². The lowest BCUT2D eigenvalue weighted by atomic mass is 9.83. The molecule has 2 aliphatic rings. The number of carbonyl (C=O) groups is 1. The first kappa shape index (κ1) is 15.1. The lowest BCUT2D eigenvalue weighted by molar-refractivity contribution is -0.133. The Labute approximate surface area is 139 Å². The Hall–Kier alpha value is -2.43. The molecule has 1 aromatic heterocycles. The number of benzene rings is 1. The highest BCUT2D eigenvalue weighted by Gasteiger charge is 2.36. The number of carbonyl (C=O) groups excluding carboxylic acids is 1. The minimum Gasteiger partial charge on any atom is -0.341 e. The molecular weight excluding hydrogens is 307 g/mol. The fraction of sp³-hybridized carbons (Fsp3) is 0.368. The van der Waals surface area contributed by atoms with Gasteiger partial charge in [-0.3, -0.25) is 9.59 Å². The molecule has 5 heteroatoms. The van der Waals surface area contributed by atoms with Crippen LogP contribution in [0.2, 0.25) is 0 Å². The Balaban J connectivity index is 1.52. The van der Waals surface area contributed by atoms with Crippen LogP contribution >= 0.6 is 0 Å². The van der Waals surface area contributed by atoms with Gasteiger partial charge < -0.3 is 9.47 Å². The van der Waals surface area contributed by atoms with Crippen LogP contribution in [0.1, 0.15) is 23.6 Å². The first-order valence-electron chi connectivity index (χ1n) is 8.32. The topological polar surface area (TPSA) is 42.3 Å². The Morgan fingerprint density at radius 3 is 2.67 bits per heavy atom. The second-order valence-corrected chi connectivity index (χ2v) is 6.80. The first-order chi connectivity index (χ1) is 11.6. The Kier molecular flexibility index (Phi) is 3.71. The smallest absolute Gasteiger partial charge is 0.250 e. The number of fused-ring (bicyclic) bond motifs is 4. The number of halogens is 1. The van der Waals surface area contributed by atoms with Crippen molar-refractivity contribution in [1.82, 2.24) is 9.47 Å². The number of aromatic nitrogens is 1. The van der Waals surface area contributed by atoms with Gasteiger partial charge in [-0.1, -0.05) is 18.2 Å². The molecule has 1 fully saturated rings. The Morgan fingerprint density at radius 1 is 1.08 bits per heavy atom. The normalized spacial score (nSPS) is 22.1. The standard InChI is InChI=1S/C19H19FN2O2/c20-16-6-4-13(5-7-16)9-19(24)21-10-14-8-15(12-21)17-2-1-3-18(23)22(17)11-14/h1-7,14-15H,8-12H2/t14-,15-/m0/s1. The zero-order chi connectivity index (χ0) is 16.7. The molecule has 4 nitrogen and oxygen atoms in total. The number of rotatable bonds is 2. The van der Waals surface area contributed by atoms with Crippen LogP contribution in [-0.2, 0) is 17.8 Å². The summed E-state index contributed by atoms with van der Waals surface area (Å²) in [6.07, 6.45) is 1.32. The van der Waals surface area contributed by atoms with Crippen LogP contribution < -0.4 is 5.56 Å². The summed E-state index contributed by atoms with van der Waals surface area (Å²) in [4.78, 5) is 26.6. The third-order valence-corrected chi connectivity index (χ3v) is 5.10. The van der Waals surface area contributed by atoms with Crippen molar-refractivity contribution < 1.29 is 9.18 Å². The molecule has 3 heterocycles. The van der Waals surface area contributed by atoms with Crippen LogP contribution in [0.25, 0.3) is 0 Å². The Morgan fingerprint density at radius 2 is 1.88 bits per heavy atom. The van der Waals surface area contributed by atoms with Gasteiger partial charge in [-0.25, -0.2) is 4.39 Å². The van der Waals surface area contributed by atoms with Gasteiger partial charge in [0, 0.05) is 37.3 Å². The van der Waals surface area contributed by atoms with Crippen molar-refractivity contribution >= 4 is 5.91 Å². The second-order valence-electron chi connectivity index (χ2n) is 6.80. The van der Waals surface area contributed by atoms with Crippen molar-refractivity contribution in [1.29, 1.82) is 0 Å². The maximum absolute atomic E-state index is 13.0. The molecule has 124 valence electrons. The highest BCUT2D eigenvalue weighted by Crippen LogP contribution is 2.35. The molecule has 1 aromatic carbocycles. The molecule has 24 heavy (non-hydrogen) atoms.